The fraction of sp³-hybridized carbons (Fsp3) is 0.400. The molecule has 1 N–H and O–H groups in total. The molecule has 0 radical (unpaired) electrons. The maximum absolute atomic E-state index is 12.1. The molecule has 96 valence electrons. The Morgan fingerprint density at radius 3 is 2.53 bits per heavy atom. The molecule has 0 spiro atoms. The van der Waals surface area contributed by atoms with E-state index in [4.69, 9.17) is 0 Å². The maximum atomic E-state index is 12.1. The summed E-state index contributed by atoms with van der Waals surface area (Å²) >= 11 is 3.16. The zero-order valence-electron chi connectivity index (χ0n) is 8.60. The van der Waals surface area contributed by atoms with Gasteiger partial charge in [0, 0.05) is 16.6 Å². The van der Waals surface area contributed by atoms with E-state index in [9.17, 15) is 17.6 Å². The highest BCUT2D eigenvalue weighted by Gasteiger charge is 2.10. The van der Waals surface area contributed by atoms with E-state index in [0.717, 1.165) is 0 Å². The van der Waals surface area contributed by atoms with Gasteiger partial charge in [0.2, 0.25) is 0 Å². The molecule has 0 bridgehead atoms. The third-order valence-corrected chi connectivity index (χ3v) is 2.35. The van der Waals surface area contributed by atoms with Gasteiger partial charge in [0.15, 0.2) is 0 Å². The van der Waals surface area contributed by atoms with Gasteiger partial charge in [-0.2, -0.15) is 8.78 Å². The van der Waals surface area contributed by atoms with Crippen LogP contribution in [0.3, 0.4) is 0 Å². The molecule has 0 heterocycles. The van der Waals surface area contributed by atoms with Crippen LogP contribution in [0.4, 0.5) is 17.6 Å². The Morgan fingerprint density at radius 1 is 1.24 bits per heavy atom. The molecule has 1 rings (SSSR count). The lowest BCUT2D eigenvalue weighted by molar-refractivity contribution is -0.0505. The Balaban J connectivity index is 2.69. The Hall–Kier alpha value is -0.820. The van der Waals surface area contributed by atoms with Crippen LogP contribution in [0.2, 0.25) is 0 Å². The van der Waals surface area contributed by atoms with Gasteiger partial charge in [-0.15, -0.1) is 0 Å². The SMILES string of the molecule is FC(F)CNCc1cc(Br)ccc1OC(F)F. The molecule has 0 aliphatic heterocycles. The second-order valence-electron chi connectivity index (χ2n) is 3.15. The van der Waals surface area contributed by atoms with Gasteiger partial charge < -0.3 is 10.1 Å². The van der Waals surface area contributed by atoms with E-state index in [-0.39, 0.29) is 12.3 Å². The van der Waals surface area contributed by atoms with Crippen LogP contribution in [0.1, 0.15) is 5.56 Å². The smallest absolute Gasteiger partial charge is 0.387 e. The Morgan fingerprint density at radius 2 is 1.94 bits per heavy atom. The van der Waals surface area contributed by atoms with Crippen molar-refractivity contribution >= 4 is 15.9 Å². The first-order valence-electron chi connectivity index (χ1n) is 4.71. The number of rotatable bonds is 6. The minimum absolute atomic E-state index is 0.0232. The van der Waals surface area contributed by atoms with Crippen LogP contribution in [0.5, 0.6) is 5.75 Å². The zero-order valence-corrected chi connectivity index (χ0v) is 10.2. The summed E-state index contributed by atoms with van der Waals surface area (Å²) in [5.41, 5.74) is 0.389. The topological polar surface area (TPSA) is 21.3 Å². The van der Waals surface area contributed by atoms with Crippen molar-refractivity contribution in [3.63, 3.8) is 0 Å². The zero-order chi connectivity index (χ0) is 12.8. The van der Waals surface area contributed by atoms with Crippen LogP contribution in [0.15, 0.2) is 22.7 Å². The van der Waals surface area contributed by atoms with E-state index in [1.165, 1.54) is 18.2 Å². The standard InChI is InChI=1S/C10H10BrF4NO/c11-7-1-2-8(17-10(14)15)6(3-7)4-16-5-9(12)13/h1-3,9-10,16H,4-5H2. The van der Waals surface area contributed by atoms with Gasteiger partial charge in [-0.05, 0) is 18.2 Å². The van der Waals surface area contributed by atoms with E-state index in [2.05, 4.69) is 26.0 Å². The van der Waals surface area contributed by atoms with E-state index in [1.54, 1.807) is 0 Å². The monoisotopic (exact) mass is 315 g/mol. The van der Waals surface area contributed by atoms with Crippen LogP contribution in [-0.2, 0) is 6.54 Å². The summed E-state index contributed by atoms with van der Waals surface area (Å²) in [5.74, 6) is -0.0232. The molecular weight excluding hydrogens is 306 g/mol. The number of halogens is 5. The van der Waals surface area contributed by atoms with Crippen LogP contribution in [0, 0.1) is 0 Å². The fourth-order valence-corrected chi connectivity index (χ4v) is 1.62. The summed E-state index contributed by atoms with van der Waals surface area (Å²) in [6.45, 7) is -3.41. The minimum Gasteiger partial charge on any atom is -0.434 e. The third kappa shape index (κ3) is 5.36. The Labute approximate surface area is 104 Å². The van der Waals surface area contributed by atoms with Crippen molar-refractivity contribution in [2.45, 2.75) is 19.6 Å². The molecule has 7 heteroatoms. The molecule has 1 aromatic carbocycles. The Kier molecular flexibility index (Phi) is 5.70. The first kappa shape index (κ1) is 14.2. The molecule has 0 amide bonds. The largest absolute Gasteiger partial charge is 0.434 e. The Bertz CT molecular complexity index is 362. The quantitative estimate of drug-likeness (QED) is 0.812. The summed E-state index contributed by atoms with van der Waals surface area (Å²) in [7, 11) is 0. The first-order chi connectivity index (χ1) is 7.99. The summed E-state index contributed by atoms with van der Waals surface area (Å²) < 4.78 is 52.9. The molecule has 1 aromatic rings. The van der Waals surface area contributed by atoms with E-state index in [1.807, 2.05) is 0 Å². The predicted molar refractivity (Wildman–Crippen MR) is 58.5 cm³/mol. The predicted octanol–water partition coefficient (Wildman–Crippen LogP) is 3.41. The average Bonchev–Trinajstić information content (AvgIpc) is 2.21. The van der Waals surface area contributed by atoms with Crippen LogP contribution < -0.4 is 10.1 Å². The number of alkyl halides is 4. The lowest BCUT2D eigenvalue weighted by atomic mass is 10.2. The second-order valence-corrected chi connectivity index (χ2v) is 4.07. The molecule has 2 nitrogen and oxygen atoms in total. The number of nitrogens with one attached hydrogen (secondary N) is 1. The summed E-state index contributed by atoms with van der Waals surface area (Å²) in [6, 6.07) is 4.43. The number of hydrogen-bond acceptors (Lipinski definition) is 2. The molecule has 0 unspecified atom stereocenters. The average molecular weight is 316 g/mol. The van der Waals surface area contributed by atoms with Crippen molar-refractivity contribution in [1.82, 2.24) is 5.32 Å². The molecule has 17 heavy (non-hydrogen) atoms. The summed E-state index contributed by atoms with van der Waals surface area (Å²) in [6.07, 6.45) is -2.48. The van der Waals surface area contributed by atoms with Crippen molar-refractivity contribution < 1.29 is 22.3 Å². The van der Waals surface area contributed by atoms with Crippen LogP contribution >= 0.6 is 15.9 Å². The maximum Gasteiger partial charge on any atom is 0.387 e. The molecule has 0 aliphatic rings. The van der Waals surface area contributed by atoms with E-state index < -0.39 is 19.6 Å². The van der Waals surface area contributed by atoms with Crippen molar-refractivity contribution in [2.75, 3.05) is 6.54 Å². The van der Waals surface area contributed by atoms with Gasteiger partial charge in [-0.3, -0.25) is 0 Å². The normalized spacial score (nSPS) is 11.2. The molecule has 0 aliphatic carbocycles. The van der Waals surface area contributed by atoms with Crippen molar-refractivity contribution in [2.24, 2.45) is 0 Å². The van der Waals surface area contributed by atoms with Crippen LogP contribution in [-0.4, -0.2) is 19.6 Å². The van der Waals surface area contributed by atoms with Crippen molar-refractivity contribution in [3.05, 3.63) is 28.2 Å². The van der Waals surface area contributed by atoms with E-state index >= 15 is 0 Å². The lowest BCUT2D eigenvalue weighted by Gasteiger charge is -2.11. The van der Waals surface area contributed by atoms with Crippen molar-refractivity contribution in [3.8, 4) is 5.75 Å². The highest BCUT2D eigenvalue weighted by molar-refractivity contribution is 9.10. The van der Waals surface area contributed by atoms with Gasteiger partial charge in [0.05, 0.1) is 6.54 Å². The van der Waals surface area contributed by atoms with Gasteiger partial charge in [0.1, 0.15) is 5.75 Å². The third-order valence-electron chi connectivity index (χ3n) is 1.85. The highest BCUT2D eigenvalue weighted by Crippen LogP contribution is 2.24. The molecule has 0 aromatic heterocycles. The number of hydrogen-bond donors (Lipinski definition) is 1. The van der Waals surface area contributed by atoms with E-state index in [0.29, 0.717) is 10.0 Å². The lowest BCUT2D eigenvalue weighted by Crippen LogP contribution is -2.21. The number of benzene rings is 1. The number of ether oxygens (including phenoxy) is 1. The molecule has 0 fully saturated rings. The van der Waals surface area contributed by atoms with Gasteiger partial charge in [-0.1, -0.05) is 15.9 Å². The first-order valence-corrected chi connectivity index (χ1v) is 5.50. The summed E-state index contributed by atoms with van der Waals surface area (Å²) in [5, 5.41) is 2.45. The van der Waals surface area contributed by atoms with Gasteiger partial charge >= 0.3 is 6.61 Å². The van der Waals surface area contributed by atoms with Crippen molar-refractivity contribution in [1.29, 1.82) is 0 Å². The van der Waals surface area contributed by atoms with Crippen LogP contribution in [0.25, 0.3) is 0 Å². The molecule has 0 saturated carbocycles. The molecule has 0 saturated heterocycles. The fourth-order valence-electron chi connectivity index (χ4n) is 1.21. The molecule has 0 atom stereocenters. The second kappa shape index (κ2) is 6.80. The minimum atomic E-state index is -2.94. The molecular formula is C10H10BrF4NO. The summed E-state index contributed by atoms with van der Waals surface area (Å²) in [4.78, 5) is 0. The van der Waals surface area contributed by atoms with Gasteiger partial charge in [-0.25, -0.2) is 8.78 Å². The highest BCUT2D eigenvalue weighted by atomic mass is 79.9. The van der Waals surface area contributed by atoms with Gasteiger partial charge in [0.25, 0.3) is 6.43 Å².